The molecular weight excluding hydrogens is 271 g/mol. The summed E-state index contributed by atoms with van der Waals surface area (Å²) in [6.07, 6.45) is 0. The lowest BCUT2D eigenvalue weighted by atomic mass is 10.0. The highest BCUT2D eigenvalue weighted by molar-refractivity contribution is 7.99. The number of benzene rings is 2. The topological polar surface area (TPSA) is 49.9 Å². The monoisotopic (exact) mass is 288 g/mol. The number of amidine groups is 1. The Labute approximate surface area is 122 Å². The second-order valence-corrected chi connectivity index (χ2v) is 5.97. The molecule has 3 N–H and O–H groups in total. The molecule has 4 heteroatoms. The normalized spacial score (nSPS) is 10.8. The Morgan fingerprint density at radius 3 is 2.35 bits per heavy atom. The van der Waals surface area contributed by atoms with Crippen LogP contribution in [0.25, 0.3) is 0 Å². The van der Waals surface area contributed by atoms with E-state index in [2.05, 4.69) is 26.0 Å². The molecule has 0 aliphatic carbocycles. The SMILES string of the molecule is CC(C)c1ccc(Sc2cccc(F)c2C(=N)N)cc1. The number of nitrogens with two attached hydrogens (primary N) is 1. The summed E-state index contributed by atoms with van der Waals surface area (Å²) in [4.78, 5) is 1.66. The number of hydrogen-bond acceptors (Lipinski definition) is 2. The highest BCUT2D eigenvalue weighted by Gasteiger charge is 2.12. The van der Waals surface area contributed by atoms with E-state index in [-0.39, 0.29) is 11.4 Å². The Morgan fingerprint density at radius 1 is 1.15 bits per heavy atom. The van der Waals surface area contributed by atoms with E-state index in [0.717, 1.165) is 4.90 Å². The van der Waals surface area contributed by atoms with Gasteiger partial charge in [0.15, 0.2) is 0 Å². The molecule has 2 aromatic rings. The second kappa shape index (κ2) is 6.09. The van der Waals surface area contributed by atoms with Crippen LogP contribution < -0.4 is 5.73 Å². The highest BCUT2D eigenvalue weighted by atomic mass is 32.2. The molecule has 0 aliphatic rings. The van der Waals surface area contributed by atoms with E-state index in [1.165, 1.54) is 23.4 Å². The minimum atomic E-state index is -0.457. The largest absolute Gasteiger partial charge is 0.384 e. The summed E-state index contributed by atoms with van der Waals surface area (Å²) in [7, 11) is 0. The number of rotatable bonds is 4. The van der Waals surface area contributed by atoms with Gasteiger partial charge in [0.2, 0.25) is 0 Å². The van der Waals surface area contributed by atoms with E-state index >= 15 is 0 Å². The molecule has 0 aliphatic heterocycles. The molecule has 104 valence electrons. The van der Waals surface area contributed by atoms with Crippen LogP contribution in [-0.2, 0) is 0 Å². The molecule has 0 aromatic heterocycles. The van der Waals surface area contributed by atoms with Crippen molar-refractivity contribution in [3.8, 4) is 0 Å². The van der Waals surface area contributed by atoms with E-state index in [1.54, 1.807) is 12.1 Å². The van der Waals surface area contributed by atoms with Crippen LogP contribution in [0.2, 0.25) is 0 Å². The van der Waals surface area contributed by atoms with Crippen molar-refractivity contribution < 1.29 is 4.39 Å². The first-order chi connectivity index (χ1) is 9.49. The zero-order valence-electron chi connectivity index (χ0n) is 11.5. The van der Waals surface area contributed by atoms with Crippen LogP contribution in [0, 0.1) is 11.2 Å². The Bertz CT molecular complexity index is 621. The van der Waals surface area contributed by atoms with Gasteiger partial charge in [-0.25, -0.2) is 4.39 Å². The molecule has 0 radical (unpaired) electrons. The number of nitrogens with one attached hydrogen (secondary N) is 1. The fraction of sp³-hybridized carbons (Fsp3) is 0.188. The zero-order valence-corrected chi connectivity index (χ0v) is 12.3. The van der Waals surface area contributed by atoms with Gasteiger partial charge in [0, 0.05) is 9.79 Å². The maximum absolute atomic E-state index is 13.7. The minimum absolute atomic E-state index is 0.172. The van der Waals surface area contributed by atoms with E-state index in [1.807, 2.05) is 12.1 Å². The molecule has 20 heavy (non-hydrogen) atoms. The molecule has 0 spiro atoms. The quantitative estimate of drug-likeness (QED) is 0.647. The first-order valence-electron chi connectivity index (χ1n) is 6.39. The molecule has 0 atom stereocenters. The van der Waals surface area contributed by atoms with Crippen molar-refractivity contribution in [3.05, 3.63) is 59.4 Å². The predicted octanol–water partition coefficient (Wildman–Crippen LogP) is 4.38. The Morgan fingerprint density at radius 2 is 1.80 bits per heavy atom. The second-order valence-electron chi connectivity index (χ2n) is 4.85. The first-order valence-corrected chi connectivity index (χ1v) is 7.21. The lowest BCUT2D eigenvalue weighted by molar-refractivity contribution is 0.621. The van der Waals surface area contributed by atoms with Gasteiger partial charge in [-0.3, -0.25) is 5.41 Å². The van der Waals surface area contributed by atoms with Crippen LogP contribution in [0.1, 0.15) is 30.9 Å². The molecule has 2 nitrogen and oxygen atoms in total. The third kappa shape index (κ3) is 3.20. The van der Waals surface area contributed by atoms with E-state index in [4.69, 9.17) is 11.1 Å². The Balaban J connectivity index is 2.30. The predicted molar refractivity (Wildman–Crippen MR) is 82.1 cm³/mol. The molecule has 0 unspecified atom stereocenters. The molecule has 0 heterocycles. The summed E-state index contributed by atoms with van der Waals surface area (Å²) in [5, 5.41) is 7.50. The zero-order chi connectivity index (χ0) is 14.7. The van der Waals surface area contributed by atoms with Gasteiger partial charge in [-0.15, -0.1) is 0 Å². The average molecular weight is 288 g/mol. The van der Waals surface area contributed by atoms with Crippen LogP contribution in [-0.4, -0.2) is 5.84 Å². The third-order valence-electron chi connectivity index (χ3n) is 3.02. The highest BCUT2D eigenvalue weighted by Crippen LogP contribution is 2.32. The van der Waals surface area contributed by atoms with Gasteiger partial charge in [-0.05, 0) is 35.7 Å². The van der Waals surface area contributed by atoms with Gasteiger partial charge in [0.1, 0.15) is 11.7 Å². The van der Waals surface area contributed by atoms with Crippen LogP contribution in [0.5, 0.6) is 0 Å². The summed E-state index contributed by atoms with van der Waals surface area (Å²) in [6.45, 7) is 4.28. The van der Waals surface area contributed by atoms with E-state index in [0.29, 0.717) is 10.8 Å². The third-order valence-corrected chi connectivity index (χ3v) is 4.09. The van der Waals surface area contributed by atoms with Gasteiger partial charge in [0.25, 0.3) is 0 Å². The summed E-state index contributed by atoms with van der Waals surface area (Å²) in [5.41, 5.74) is 6.90. The molecule has 2 rings (SSSR count). The van der Waals surface area contributed by atoms with Crippen molar-refractivity contribution >= 4 is 17.6 Å². The van der Waals surface area contributed by atoms with Gasteiger partial charge in [-0.1, -0.05) is 43.8 Å². The molecule has 0 amide bonds. The fourth-order valence-electron chi connectivity index (χ4n) is 1.90. The van der Waals surface area contributed by atoms with Crippen LogP contribution in [0.3, 0.4) is 0 Å². The standard InChI is InChI=1S/C16H17FN2S/c1-10(2)11-6-8-12(9-7-11)20-14-5-3-4-13(17)15(14)16(18)19/h3-10H,1-2H3,(H3,18,19). The van der Waals surface area contributed by atoms with Crippen LogP contribution >= 0.6 is 11.8 Å². The van der Waals surface area contributed by atoms with Crippen molar-refractivity contribution in [2.45, 2.75) is 29.6 Å². The van der Waals surface area contributed by atoms with Crippen molar-refractivity contribution in [2.24, 2.45) is 5.73 Å². The van der Waals surface area contributed by atoms with Gasteiger partial charge in [0.05, 0.1) is 5.56 Å². The Hall–Kier alpha value is -1.81. The summed E-state index contributed by atoms with van der Waals surface area (Å²) in [6, 6.07) is 12.9. The summed E-state index contributed by atoms with van der Waals surface area (Å²) < 4.78 is 13.7. The Kier molecular flexibility index (Phi) is 4.45. The van der Waals surface area contributed by atoms with Crippen LogP contribution in [0.4, 0.5) is 4.39 Å². The van der Waals surface area contributed by atoms with Crippen LogP contribution in [0.15, 0.2) is 52.3 Å². The molecule has 0 saturated heterocycles. The van der Waals surface area contributed by atoms with E-state index in [9.17, 15) is 4.39 Å². The molecule has 2 aromatic carbocycles. The molecular formula is C16H17FN2S. The number of halogens is 1. The van der Waals surface area contributed by atoms with Crippen molar-refractivity contribution in [2.75, 3.05) is 0 Å². The van der Waals surface area contributed by atoms with Crippen molar-refractivity contribution in [1.29, 1.82) is 5.41 Å². The average Bonchev–Trinajstić information content (AvgIpc) is 2.39. The molecule has 0 bridgehead atoms. The van der Waals surface area contributed by atoms with Crippen molar-refractivity contribution in [1.82, 2.24) is 0 Å². The maximum atomic E-state index is 13.7. The molecule has 0 fully saturated rings. The first kappa shape index (κ1) is 14.6. The molecule has 0 saturated carbocycles. The lowest BCUT2D eigenvalue weighted by Gasteiger charge is -2.10. The fourth-order valence-corrected chi connectivity index (χ4v) is 2.88. The summed E-state index contributed by atoms with van der Waals surface area (Å²) in [5.74, 6) is -0.221. The summed E-state index contributed by atoms with van der Waals surface area (Å²) >= 11 is 1.42. The van der Waals surface area contributed by atoms with E-state index < -0.39 is 5.82 Å². The minimum Gasteiger partial charge on any atom is -0.384 e. The van der Waals surface area contributed by atoms with Gasteiger partial charge >= 0.3 is 0 Å². The van der Waals surface area contributed by atoms with Gasteiger partial charge < -0.3 is 5.73 Å². The number of hydrogen-bond donors (Lipinski definition) is 2. The van der Waals surface area contributed by atoms with Crippen molar-refractivity contribution in [3.63, 3.8) is 0 Å². The maximum Gasteiger partial charge on any atom is 0.135 e. The smallest absolute Gasteiger partial charge is 0.135 e. The van der Waals surface area contributed by atoms with Gasteiger partial charge in [-0.2, -0.15) is 0 Å². The number of nitrogen functional groups attached to an aromatic ring is 1. The lowest BCUT2D eigenvalue weighted by Crippen LogP contribution is -2.14.